The molecule has 6 rings (SSSR count). The molecule has 0 aliphatic carbocycles. The second-order valence-corrected chi connectivity index (χ2v) is 7.16. The van der Waals surface area contributed by atoms with Crippen molar-refractivity contribution in [1.29, 1.82) is 5.26 Å². The van der Waals surface area contributed by atoms with Gasteiger partial charge in [0.1, 0.15) is 5.52 Å². The summed E-state index contributed by atoms with van der Waals surface area (Å²) in [6.07, 6.45) is 3.35. The van der Waals surface area contributed by atoms with Gasteiger partial charge in [-0.1, -0.05) is 11.3 Å². The second kappa shape index (κ2) is 6.75. The van der Waals surface area contributed by atoms with Crippen LogP contribution in [0.3, 0.4) is 0 Å². The normalized spacial score (nSPS) is 11.2. The Balaban J connectivity index is 1.49. The monoisotopic (exact) mass is 419 g/mol. The van der Waals surface area contributed by atoms with Gasteiger partial charge in [-0.15, -0.1) is 5.10 Å². The van der Waals surface area contributed by atoms with Crippen LogP contribution in [0.2, 0.25) is 0 Å². The minimum absolute atomic E-state index is 0.263. The molecule has 0 saturated carbocycles. The molecule has 4 aromatic heterocycles. The molecule has 32 heavy (non-hydrogen) atoms. The van der Waals surface area contributed by atoms with Crippen molar-refractivity contribution in [1.82, 2.24) is 39.7 Å². The maximum atomic E-state index is 11.6. The van der Waals surface area contributed by atoms with Crippen LogP contribution in [0.15, 0.2) is 71.8 Å². The lowest BCUT2D eigenvalue weighted by Gasteiger charge is -2.08. The van der Waals surface area contributed by atoms with Crippen molar-refractivity contribution in [3.8, 4) is 28.8 Å². The van der Waals surface area contributed by atoms with E-state index in [1.165, 1.54) is 0 Å². The molecule has 10 nitrogen and oxygen atoms in total. The molecule has 2 aromatic carbocycles. The molecule has 0 radical (unpaired) electrons. The number of aromatic amines is 2. The first-order valence-corrected chi connectivity index (χ1v) is 9.68. The number of hydrogen-bond acceptors (Lipinski definition) is 6. The van der Waals surface area contributed by atoms with Crippen LogP contribution in [0.25, 0.3) is 44.8 Å². The summed E-state index contributed by atoms with van der Waals surface area (Å²) in [7, 11) is 0. The van der Waals surface area contributed by atoms with E-state index in [4.69, 9.17) is 0 Å². The average molecular weight is 419 g/mol. The van der Waals surface area contributed by atoms with Gasteiger partial charge in [-0.2, -0.15) is 10.4 Å². The maximum Gasteiger partial charge on any atom is 0.323 e. The fraction of sp³-hybridized carbons (Fsp3) is 0. The lowest BCUT2D eigenvalue weighted by atomic mass is 10.2. The van der Waals surface area contributed by atoms with E-state index >= 15 is 0 Å². The number of imidazole rings is 1. The smallest absolute Gasteiger partial charge is 0.306 e. The van der Waals surface area contributed by atoms with E-state index in [0.717, 1.165) is 22.6 Å². The molecular weight excluding hydrogens is 406 g/mol. The molecule has 10 heteroatoms. The van der Waals surface area contributed by atoms with Crippen LogP contribution in [0, 0.1) is 11.3 Å². The van der Waals surface area contributed by atoms with E-state index < -0.39 is 0 Å². The van der Waals surface area contributed by atoms with Crippen LogP contribution in [0.5, 0.6) is 0 Å². The van der Waals surface area contributed by atoms with E-state index in [1.54, 1.807) is 33.9 Å². The highest BCUT2D eigenvalue weighted by Gasteiger charge is 2.14. The fourth-order valence-corrected chi connectivity index (χ4v) is 3.72. The Bertz CT molecular complexity index is 1730. The quantitative estimate of drug-likeness (QED) is 0.453. The molecule has 0 unspecified atom stereocenters. The molecule has 152 valence electrons. The molecule has 0 aliphatic heterocycles. The van der Waals surface area contributed by atoms with Gasteiger partial charge in [0, 0.05) is 0 Å². The van der Waals surface area contributed by atoms with Crippen LogP contribution < -0.4 is 5.69 Å². The molecule has 2 N–H and O–H groups in total. The largest absolute Gasteiger partial charge is 0.323 e. The summed E-state index contributed by atoms with van der Waals surface area (Å²) >= 11 is 0. The van der Waals surface area contributed by atoms with Gasteiger partial charge in [0.05, 0.1) is 63.3 Å². The predicted octanol–water partition coefficient (Wildman–Crippen LogP) is 2.71. The first kappa shape index (κ1) is 17.8. The molecular formula is C22H13N9O. The van der Waals surface area contributed by atoms with Gasteiger partial charge in [-0.3, -0.25) is 4.98 Å². The summed E-state index contributed by atoms with van der Waals surface area (Å²) in [6.45, 7) is 0. The zero-order chi connectivity index (χ0) is 21.7. The van der Waals surface area contributed by atoms with Gasteiger partial charge in [0.15, 0.2) is 0 Å². The highest BCUT2D eigenvalue weighted by Crippen LogP contribution is 2.25. The Morgan fingerprint density at radius 3 is 2.72 bits per heavy atom. The lowest BCUT2D eigenvalue weighted by molar-refractivity contribution is 0.825. The third-order valence-corrected chi connectivity index (χ3v) is 5.20. The number of fused-ring (bicyclic) bond motifs is 2. The van der Waals surface area contributed by atoms with E-state index in [1.807, 2.05) is 42.5 Å². The molecule has 0 bridgehead atoms. The van der Waals surface area contributed by atoms with Gasteiger partial charge < -0.3 is 9.97 Å². The summed E-state index contributed by atoms with van der Waals surface area (Å²) in [5.74, 6) is 0. The van der Waals surface area contributed by atoms with Crippen molar-refractivity contribution in [3.05, 3.63) is 83.0 Å². The third-order valence-electron chi connectivity index (χ3n) is 5.20. The van der Waals surface area contributed by atoms with Crippen molar-refractivity contribution in [2.75, 3.05) is 0 Å². The zero-order valence-corrected chi connectivity index (χ0v) is 16.4. The third kappa shape index (κ3) is 2.77. The number of nitrogens with zero attached hydrogens (tertiary/aromatic N) is 7. The van der Waals surface area contributed by atoms with Gasteiger partial charge in [0.25, 0.3) is 0 Å². The Kier molecular flexibility index (Phi) is 3.75. The van der Waals surface area contributed by atoms with Crippen molar-refractivity contribution >= 4 is 22.1 Å². The van der Waals surface area contributed by atoms with Crippen LogP contribution in [0.1, 0.15) is 5.56 Å². The molecule has 0 spiro atoms. The number of benzene rings is 2. The van der Waals surface area contributed by atoms with Crippen molar-refractivity contribution in [2.45, 2.75) is 0 Å². The number of nitrogens with one attached hydrogen (secondary N) is 2. The summed E-state index contributed by atoms with van der Waals surface area (Å²) in [5, 5.41) is 22.1. The Morgan fingerprint density at radius 1 is 0.938 bits per heavy atom. The fourth-order valence-electron chi connectivity index (χ4n) is 3.72. The standard InChI is InChI=1S/C22H13N9O/c23-11-13-2-1-3-14(8-13)30-20(6-7-25-30)18-10-21-19(12-24-18)28-29-31(21)15-4-5-16-17(9-15)27-22(32)26-16/h1-10,12H,(H2,26,27,32). The Hall–Kier alpha value is -5.04. The average Bonchev–Trinajstić information content (AvgIpc) is 3.55. The summed E-state index contributed by atoms with van der Waals surface area (Å²) in [5.41, 5.74) is 6.03. The minimum Gasteiger partial charge on any atom is -0.306 e. The van der Waals surface area contributed by atoms with Crippen molar-refractivity contribution < 1.29 is 0 Å². The summed E-state index contributed by atoms with van der Waals surface area (Å²) in [6, 6.07) is 18.6. The first-order valence-electron chi connectivity index (χ1n) is 9.68. The van der Waals surface area contributed by atoms with Crippen LogP contribution in [-0.4, -0.2) is 39.7 Å². The van der Waals surface area contributed by atoms with Crippen LogP contribution in [-0.2, 0) is 0 Å². The summed E-state index contributed by atoms with van der Waals surface area (Å²) in [4.78, 5) is 21.6. The minimum atomic E-state index is -0.263. The van der Waals surface area contributed by atoms with E-state index in [0.29, 0.717) is 27.8 Å². The Morgan fingerprint density at radius 2 is 1.81 bits per heavy atom. The van der Waals surface area contributed by atoms with Gasteiger partial charge >= 0.3 is 5.69 Å². The van der Waals surface area contributed by atoms with E-state index in [-0.39, 0.29) is 5.69 Å². The van der Waals surface area contributed by atoms with Crippen molar-refractivity contribution in [2.24, 2.45) is 0 Å². The molecule has 4 heterocycles. The first-order chi connectivity index (χ1) is 15.7. The topological polar surface area (TPSA) is 134 Å². The number of nitriles is 1. The Labute approximate surface area is 179 Å². The van der Waals surface area contributed by atoms with E-state index in [2.05, 4.69) is 36.4 Å². The van der Waals surface area contributed by atoms with Gasteiger partial charge in [-0.25, -0.2) is 14.2 Å². The highest BCUT2D eigenvalue weighted by molar-refractivity contribution is 5.82. The zero-order valence-electron chi connectivity index (χ0n) is 16.4. The van der Waals surface area contributed by atoms with Gasteiger partial charge in [0.2, 0.25) is 0 Å². The van der Waals surface area contributed by atoms with Crippen LogP contribution in [0.4, 0.5) is 0 Å². The number of hydrogen-bond donors (Lipinski definition) is 2. The number of rotatable bonds is 3. The number of pyridine rings is 1. The molecule has 0 saturated heterocycles. The molecule has 6 aromatic rings. The lowest BCUT2D eigenvalue weighted by Crippen LogP contribution is -2.01. The predicted molar refractivity (Wildman–Crippen MR) is 116 cm³/mol. The number of aromatic nitrogens is 8. The van der Waals surface area contributed by atoms with Crippen LogP contribution >= 0.6 is 0 Å². The van der Waals surface area contributed by atoms with E-state index in [9.17, 15) is 10.1 Å². The van der Waals surface area contributed by atoms with Crippen molar-refractivity contribution in [3.63, 3.8) is 0 Å². The van der Waals surface area contributed by atoms with Gasteiger partial charge in [-0.05, 0) is 48.5 Å². The molecule has 0 amide bonds. The molecule has 0 atom stereocenters. The second-order valence-electron chi connectivity index (χ2n) is 7.16. The molecule has 0 aliphatic rings. The summed E-state index contributed by atoms with van der Waals surface area (Å²) < 4.78 is 3.43. The SMILES string of the molecule is N#Cc1cccc(-n2nccc2-c2cc3c(cn2)nnn3-c2ccc3[nH]c(=O)[nH]c3c2)c1. The highest BCUT2D eigenvalue weighted by atomic mass is 16.1. The maximum absolute atomic E-state index is 11.6. The number of H-pyrrole nitrogens is 2. The molecule has 0 fully saturated rings.